The van der Waals surface area contributed by atoms with E-state index in [-0.39, 0.29) is 77.4 Å². The lowest BCUT2D eigenvalue weighted by molar-refractivity contribution is -0.168. The molecule has 0 spiro atoms. The zero-order chi connectivity index (χ0) is 108. The second-order valence-corrected chi connectivity index (χ2v) is 44.4. The van der Waals surface area contributed by atoms with Gasteiger partial charge in [0.25, 0.3) is 0 Å². The van der Waals surface area contributed by atoms with Crippen LogP contribution in [0.1, 0.15) is 284 Å². The van der Waals surface area contributed by atoms with Crippen LogP contribution in [0.2, 0.25) is 0 Å². The van der Waals surface area contributed by atoms with Crippen LogP contribution >= 0.6 is 69.6 Å². The second-order valence-electron chi connectivity index (χ2n) is 40.5. The first-order chi connectivity index (χ1) is 68.4. The lowest BCUT2D eigenvalue weighted by Gasteiger charge is -2.36. The topological polar surface area (TPSA) is 420 Å². The molecule has 0 saturated heterocycles. The Morgan fingerprint density at radius 2 is 0.445 bits per heavy atom. The van der Waals surface area contributed by atoms with Crippen molar-refractivity contribution in [1.29, 1.82) is 0 Å². The molecule has 0 heterocycles. The van der Waals surface area contributed by atoms with E-state index < -0.39 is 273 Å². The molecule has 8 fully saturated rings. The van der Waals surface area contributed by atoms with Crippen molar-refractivity contribution in [3.63, 3.8) is 0 Å². The van der Waals surface area contributed by atoms with E-state index >= 15 is 0 Å². The number of hydrogen-bond donors (Lipinski definition) is 12. The van der Waals surface area contributed by atoms with Gasteiger partial charge in [-0.2, -0.15) is 52.7 Å². The van der Waals surface area contributed by atoms with Crippen LogP contribution in [0.15, 0.2) is 60.7 Å². The van der Waals surface area contributed by atoms with Gasteiger partial charge in [-0.3, -0.25) is 57.5 Å². The molecule has 0 radical (unpaired) electrons. The number of nitrogens with one attached hydrogen (secondary N) is 12. The van der Waals surface area contributed by atoms with Crippen molar-refractivity contribution in [3.05, 3.63) is 71.8 Å². The van der Waals surface area contributed by atoms with Gasteiger partial charge >= 0.3 is 48.8 Å². The van der Waals surface area contributed by atoms with E-state index in [9.17, 15) is 120 Å². The van der Waals surface area contributed by atoms with Gasteiger partial charge < -0.3 is 82.7 Å². The molecule has 8 aliphatic rings. The molecule has 48 heteroatoms. The van der Waals surface area contributed by atoms with Crippen LogP contribution < -0.4 is 63.8 Å². The maximum Gasteiger partial charge on any atom is 0.409 e. The summed E-state index contributed by atoms with van der Waals surface area (Å²) in [7, 11) is 0. The summed E-state index contributed by atoms with van der Waals surface area (Å²) in [5.41, 5.74) is -0.210. The molecule has 12 amide bonds. The first-order valence-corrected chi connectivity index (χ1v) is 52.6. The highest BCUT2D eigenvalue weighted by Crippen LogP contribution is 2.38. The zero-order valence-corrected chi connectivity index (χ0v) is 87.0. The number of carbonyl (C=O) groups is 14. The van der Waals surface area contributed by atoms with Gasteiger partial charge in [0.05, 0.1) is 73.0 Å². The molecule has 12 N–H and O–H groups in total. The second kappa shape index (κ2) is 59.4. The number of alkyl carbamates (subject to hydrolysis) is 2. The van der Waals surface area contributed by atoms with E-state index in [4.69, 9.17) is 88.6 Å². The quantitative estimate of drug-likeness (QED) is 0.0140. The Hall–Kier alpha value is -8.48. The molecule has 0 aromatic heterocycles. The average Bonchev–Trinajstić information content (AvgIpc) is 0.819. The predicted octanol–water partition coefficient (Wildman–Crippen LogP) is 17.4. The van der Waals surface area contributed by atoms with Gasteiger partial charge in [0.1, 0.15) is 48.6 Å². The lowest BCUT2D eigenvalue weighted by Crippen LogP contribution is -2.57. The van der Waals surface area contributed by atoms with Crippen molar-refractivity contribution in [1.82, 2.24) is 63.8 Å². The fourth-order valence-electron chi connectivity index (χ4n) is 20.0. The Morgan fingerprint density at radius 1 is 0.267 bits per heavy atom. The number of ether oxygens (including phenoxy) is 4. The summed E-state index contributed by atoms with van der Waals surface area (Å²) in [6, 6.07) is 0.670. The highest BCUT2D eigenvalue weighted by Gasteiger charge is 2.52. The lowest BCUT2D eigenvalue weighted by atomic mass is 9.81. The molecule has 0 aliphatic heterocycles. The van der Waals surface area contributed by atoms with Gasteiger partial charge in [-0.05, 0) is 155 Å². The number of carbonyl (C=O) groups excluding carboxylic acids is 14. The van der Waals surface area contributed by atoms with Crippen LogP contribution in [0.25, 0.3) is 0 Å². The van der Waals surface area contributed by atoms with E-state index in [1.54, 1.807) is 102 Å². The third-order valence-electron chi connectivity index (χ3n) is 27.1. The number of benzene rings is 2. The monoisotopic (exact) mass is 2210 g/mol. The Balaban J connectivity index is 0.000000368. The van der Waals surface area contributed by atoms with Gasteiger partial charge in [-0.1, -0.05) is 233 Å². The molecular weight excluding hydrogens is 2070 g/mol. The molecule has 146 heavy (non-hydrogen) atoms. The van der Waals surface area contributed by atoms with Crippen LogP contribution in [0.3, 0.4) is 0 Å². The molecule has 0 bridgehead atoms. The largest absolute Gasteiger partial charge is 0.461 e. The number of rotatable bonds is 32. The smallest absolute Gasteiger partial charge is 0.409 e. The van der Waals surface area contributed by atoms with Crippen molar-refractivity contribution in [3.8, 4) is 0 Å². The van der Waals surface area contributed by atoms with Gasteiger partial charge in [-0.15, -0.1) is 0 Å². The van der Waals surface area contributed by atoms with E-state index in [1.807, 2.05) is 21.3 Å². The van der Waals surface area contributed by atoms with Gasteiger partial charge in [0, 0.05) is 48.3 Å². The SMILES string of the molecule is CC(C)(C)OC(=O)N[C@H]1CCCC[C@@H]1C(=O)N[C@H](CC(=O)N[C@H]1CCCC[C@@H]1C(=O)N[C@H]1CCCC[C@@H]1C(=O)N[C@H](CC(=O)N[C@H]1CCCC[C@@H]1C(=O)OCc1ccccc1)C(F)(F)F)C(F)(F)F.CC(C)(C)OC(=O)N[C@H]1CCCC[C@@H]1C(=O)N[C@H](CC(=O)N[C@H]1CCCC[C@@H]1C(=O)N[C@H]1CCCC[C@@H]1C(=O)N[C@H](CC(=O)N[C@H]1CCCC[C@@H]1C(=O)OCc1ccccc1)C(F)(F)F)C(F)(F)F.ClC(Cl)Cl.ClC(Cl)Cl. The molecule has 30 nitrogen and oxygen atoms in total. The van der Waals surface area contributed by atoms with Crippen LogP contribution in [-0.2, 0) is 89.7 Å². The van der Waals surface area contributed by atoms with Crippen molar-refractivity contribution in [2.75, 3.05) is 0 Å². The average molecular weight is 2210 g/mol. The van der Waals surface area contributed by atoms with E-state index in [1.165, 1.54) is 0 Å². The molecule has 0 unspecified atom stereocenters. The van der Waals surface area contributed by atoms with Crippen molar-refractivity contribution in [2.45, 2.75) is 403 Å². The maximum absolute atomic E-state index is 14.5. The third-order valence-corrected chi connectivity index (χ3v) is 27.1. The summed E-state index contributed by atoms with van der Waals surface area (Å²) in [6.45, 7) is 9.84. The third kappa shape index (κ3) is 44.2. The van der Waals surface area contributed by atoms with Crippen LogP contribution in [0.4, 0.5) is 62.3 Å². The minimum absolute atomic E-state index is 0.00499. The number of amides is 12. The molecule has 2 aromatic rings. The molecular formula is C98H138Cl6F12N12O18. The van der Waals surface area contributed by atoms with Gasteiger partial charge in [0.2, 0.25) is 59.1 Å². The first kappa shape index (κ1) is 124. The Labute approximate surface area is 872 Å². The number of hydrogen-bond acceptors (Lipinski definition) is 18. The van der Waals surface area contributed by atoms with Crippen molar-refractivity contribution >= 4 is 153 Å². The van der Waals surface area contributed by atoms with E-state index in [0.29, 0.717) is 141 Å². The Bertz CT molecular complexity index is 4270. The summed E-state index contributed by atoms with van der Waals surface area (Å²) >= 11 is 28.8. The molecule has 824 valence electrons. The number of alkyl halides is 18. The zero-order valence-electron chi connectivity index (χ0n) is 82.5. The van der Waals surface area contributed by atoms with Gasteiger partial charge in [-0.25, -0.2) is 9.59 Å². The standard InChI is InChI=1S/2C48H68F6N6O9.2CHCl3/c2*1-46(2,3)69-45(67)58-35-23-13-9-19-31(35)43(65)60-37(47(49,50)51)25-39(61)55-33-21-11-7-17-29(33)41(63)57-34-22-12-8-18-30(34)42(64)59-38(48(52,53)54)26-40(62)56-36-24-14-10-20-32(36)44(66)68-27-28-15-5-4-6-16-28;2*2-1(3)4/h2*4-6,15-16,29-38H,7-14,17-27H2,1-3H3,(H,55,61)(H,56,62)(H,57,63)(H,58,67)(H,59,64)(H,60,65);2*1H/t2*29-,30-,31-,32-,33-,34-,35-,36-,37+,38+;;/m00../s1. The van der Waals surface area contributed by atoms with Crippen LogP contribution in [0.5, 0.6) is 0 Å². The fourth-order valence-corrected chi connectivity index (χ4v) is 20.0. The fraction of sp³-hybridized carbons (Fsp3) is 0.735. The van der Waals surface area contributed by atoms with Crippen LogP contribution in [-0.4, -0.2) is 200 Å². The van der Waals surface area contributed by atoms with E-state index in [0.717, 1.165) is 11.1 Å². The summed E-state index contributed by atoms with van der Waals surface area (Å²) in [4.78, 5) is 186. The highest BCUT2D eigenvalue weighted by atomic mass is 35.6. The minimum atomic E-state index is -5.04. The van der Waals surface area contributed by atoms with Crippen LogP contribution in [0, 0.1) is 47.3 Å². The molecule has 10 rings (SSSR count). The summed E-state index contributed by atoms with van der Waals surface area (Å²) in [5, 5.41) is 29.0. The maximum atomic E-state index is 14.5. The summed E-state index contributed by atoms with van der Waals surface area (Å²) < 4.78 is 193. The molecule has 2 aromatic carbocycles. The number of halogens is 18. The molecule has 8 saturated carbocycles. The van der Waals surface area contributed by atoms with E-state index in [2.05, 4.69) is 42.5 Å². The number of esters is 2. The molecule has 20 atom stereocenters. The highest BCUT2D eigenvalue weighted by molar-refractivity contribution is 6.63. The predicted molar refractivity (Wildman–Crippen MR) is 519 cm³/mol. The summed E-state index contributed by atoms with van der Waals surface area (Å²) in [5.74, 6) is -18.3. The molecule has 8 aliphatic carbocycles. The van der Waals surface area contributed by atoms with Crippen molar-refractivity contribution < 1.29 is 139 Å². The first-order valence-electron chi connectivity index (χ1n) is 49.9. The van der Waals surface area contributed by atoms with Crippen molar-refractivity contribution in [2.24, 2.45) is 47.3 Å². The minimum Gasteiger partial charge on any atom is -0.461 e. The van der Waals surface area contributed by atoms with Gasteiger partial charge in [0.15, 0.2) is 8.59 Å². The normalized spacial score (nSPS) is 25.5. The Kier molecular flexibility index (Phi) is 50.6. The summed E-state index contributed by atoms with van der Waals surface area (Å²) in [6.07, 6.45) is -13.3. The Morgan fingerprint density at radius 3 is 0.651 bits per heavy atom.